The number of carbonyl (C=O) groups is 3. The normalized spacial score (nSPS) is 10.3. The quantitative estimate of drug-likeness (QED) is 0.563. The lowest BCUT2D eigenvalue weighted by Gasteiger charge is -2.18. The Balaban J connectivity index is 1.50. The molecule has 3 aromatic rings. The van der Waals surface area contributed by atoms with Crippen molar-refractivity contribution in [2.75, 3.05) is 30.8 Å². The minimum atomic E-state index is -0.391. The highest BCUT2D eigenvalue weighted by Crippen LogP contribution is 2.20. The van der Waals surface area contributed by atoms with Crippen LogP contribution in [0.25, 0.3) is 0 Å². The standard InChI is InChI=1S/C24H25N3O5/c1-16-7-4-8-17(2)23(16)26-21(28)14-27(3)22(29)15-32-19-10-5-9-18(13-19)25-24(30)20-11-6-12-31-20/h4-13H,14-15H2,1-3H3,(H,25,30)(H,26,28). The van der Waals surface area contributed by atoms with Gasteiger partial charge in [0, 0.05) is 24.5 Å². The molecule has 3 rings (SSSR count). The number of nitrogens with zero attached hydrogens (tertiary/aromatic N) is 1. The van der Waals surface area contributed by atoms with Crippen molar-refractivity contribution in [3.8, 4) is 5.75 Å². The first-order valence-corrected chi connectivity index (χ1v) is 10.0. The fourth-order valence-electron chi connectivity index (χ4n) is 3.01. The molecule has 166 valence electrons. The molecule has 8 heteroatoms. The lowest BCUT2D eigenvalue weighted by molar-refractivity contribution is -0.135. The highest BCUT2D eigenvalue weighted by molar-refractivity contribution is 6.02. The van der Waals surface area contributed by atoms with E-state index in [2.05, 4.69) is 10.6 Å². The number of likely N-dealkylation sites (N-methyl/N-ethyl adjacent to an activating group) is 1. The Bertz CT molecular complexity index is 1090. The predicted molar refractivity (Wildman–Crippen MR) is 121 cm³/mol. The van der Waals surface area contributed by atoms with Crippen LogP contribution in [0.4, 0.5) is 11.4 Å². The van der Waals surface area contributed by atoms with E-state index in [1.807, 2.05) is 32.0 Å². The van der Waals surface area contributed by atoms with Gasteiger partial charge in [0.15, 0.2) is 12.4 Å². The summed E-state index contributed by atoms with van der Waals surface area (Å²) in [5, 5.41) is 5.55. The molecule has 8 nitrogen and oxygen atoms in total. The second-order valence-electron chi connectivity index (χ2n) is 7.31. The summed E-state index contributed by atoms with van der Waals surface area (Å²) in [4.78, 5) is 38.1. The number of hydrogen-bond acceptors (Lipinski definition) is 5. The summed E-state index contributed by atoms with van der Waals surface area (Å²) in [5.41, 5.74) is 3.16. The molecule has 2 N–H and O–H groups in total. The van der Waals surface area contributed by atoms with Gasteiger partial charge in [-0.05, 0) is 49.2 Å². The van der Waals surface area contributed by atoms with Crippen LogP contribution in [0.2, 0.25) is 0 Å². The molecule has 0 aliphatic rings. The highest BCUT2D eigenvalue weighted by atomic mass is 16.5. The van der Waals surface area contributed by atoms with Crippen LogP contribution in [0.1, 0.15) is 21.7 Å². The van der Waals surface area contributed by atoms with Crippen molar-refractivity contribution in [3.63, 3.8) is 0 Å². The first kappa shape index (κ1) is 22.6. The van der Waals surface area contributed by atoms with Gasteiger partial charge in [0.05, 0.1) is 12.8 Å². The highest BCUT2D eigenvalue weighted by Gasteiger charge is 2.15. The van der Waals surface area contributed by atoms with E-state index in [-0.39, 0.29) is 30.7 Å². The summed E-state index contributed by atoms with van der Waals surface area (Å²) in [5.74, 6) is -0.443. The topological polar surface area (TPSA) is 101 Å². The lowest BCUT2D eigenvalue weighted by atomic mass is 10.1. The third-order valence-electron chi connectivity index (χ3n) is 4.75. The first-order valence-electron chi connectivity index (χ1n) is 10.0. The number of ether oxygens (including phenoxy) is 1. The molecule has 3 amide bonds. The van der Waals surface area contributed by atoms with Crippen LogP contribution >= 0.6 is 0 Å². The molecule has 2 aromatic carbocycles. The van der Waals surface area contributed by atoms with Crippen LogP contribution in [-0.4, -0.2) is 42.8 Å². The van der Waals surface area contributed by atoms with Crippen LogP contribution in [0.3, 0.4) is 0 Å². The molecule has 0 radical (unpaired) electrons. The van der Waals surface area contributed by atoms with Crippen molar-refractivity contribution in [1.82, 2.24) is 4.90 Å². The molecule has 0 spiro atoms. The average molecular weight is 435 g/mol. The molecule has 0 unspecified atom stereocenters. The predicted octanol–water partition coefficient (Wildman–Crippen LogP) is 3.62. The molecule has 0 saturated heterocycles. The van der Waals surface area contributed by atoms with Gasteiger partial charge in [-0.2, -0.15) is 0 Å². The Kier molecular flexibility index (Phi) is 7.28. The minimum absolute atomic E-state index is 0.102. The number of nitrogens with one attached hydrogen (secondary N) is 2. The van der Waals surface area contributed by atoms with E-state index in [9.17, 15) is 14.4 Å². The number of amides is 3. The maximum atomic E-state index is 12.4. The van der Waals surface area contributed by atoms with Gasteiger partial charge >= 0.3 is 0 Å². The summed E-state index contributed by atoms with van der Waals surface area (Å²) in [6, 6.07) is 15.6. The van der Waals surface area contributed by atoms with E-state index in [1.165, 1.54) is 18.2 Å². The Morgan fingerprint density at radius 3 is 2.38 bits per heavy atom. The van der Waals surface area contributed by atoms with E-state index in [0.29, 0.717) is 11.4 Å². The van der Waals surface area contributed by atoms with E-state index in [1.54, 1.807) is 36.4 Å². The summed E-state index contributed by atoms with van der Waals surface area (Å²) in [6.07, 6.45) is 1.42. The van der Waals surface area contributed by atoms with Gasteiger partial charge in [0.25, 0.3) is 11.8 Å². The number of hydrogen-bond donors (Lipinski definition) is 2. The summed E-state index contributed by atoms with van der Waals surface area (Å²) < 4.78 is 10.6. The number of rotatable bonds is 8. The molecule has 0 fully saturated rings. The van der Waals surface area contributed by atoms with Crippen LogP contribution in [0, 0.1) is 13.8 Å². The lowest BCUT2D eigenvalue weighted by Crippen LogP contribution is -2.37. The third kappa shape index (κ3) is 5.98. The van der Waals surface area contributed by atoms with Gasteiger partial charge in [-0.3, -0.25) is 14.4 Å². The second-order valence-corrected chi connectivity index (χ2v) is 7.31. The number of benzene rings is 2. The zero-order valence-electron chi connectivity index (χ0n) is 18.2. The summed E-state index contributed by atoms with van der Waals surface area (Å²) in [6.45, 7) is 3.48. The van der Waals surface area contributed by atoms with Gasteiger partial charge in [-0.15, -0.1) is 0 Å². The number of para-hydroxylation sites is 1. The zero-order chi connectivity index (χ0) is 23.1. The maximum absolute atomic E-state index is 12.4. The van der Waals surface area contributed by atoms with E-state index >= 15 is 0 Å². The SMILES string of the molecule is Cc1cccc(C)c1NC(=O)CN(C)C(=O)COc1cccc(NC(=O)c2ccco2)c1. The van der Waals surface area contributed by atoms with Gasteiger partial charge in [0.1, 0.15) is 5.75 Å². The van der Waals surface area contributed by atoms with Crippen molar-refractivity contribution in [2.45, 2.75) is 13.8 Å². The van der Waals surface area contributed by atoms with Crippen LogP contribution in [-0.2, 0) is 9.59 Å². The number of aryl methyl sites for hydroxylation is 2. The molecule has 0 atom stereocenters. The van der Waals surface area contributed by atoms with Crippen molar-refractivity contribution in [2.24, 2.45) is 0 Å². The number of furan rings is 1. The molecule has 32 heavy (non-hydrogen) atoms. The first-order chi connectivity index (χ1) is 15.3. The Hall–Kier alpha value is -4.07. The number of carbonyl (C=O) groups excluding carboxylic acids is 3. The summed E-state index contributed by atoms with van der Waals surface area (Å²) >= 11 is 0. The molecular weight excluding hydrogens is 410 g/mol. The average Bonchev–Trinajstić information content (AvgIpc) is 3.30. The smallest absolute Gasteiger partial charge is 0.291 e. The second kappa shape index (κ2) is 10.3. The zero-order valence-corrected chi connectivity index (χ0v) is 18.2. The Labute approximate surface area is 186 Å². The Morgan fingerprint density at radius 1 is 0.969 bits per heavy atom. The van der Waals surface area contributed by atoms with E-state index < -0.39 is 5.91 Å². The molecule has 1 heterocycles. The van der Waals surface area contributed by atoms with Crippen LogP contribution in [0.5, 0.6) is 5.75 Å². The monoisotopic (exact) mass is 435 g/mol. The minimum Gasteiger partial charge on any atom is -0.484 e. The fraction of sp³-hybridized carbons (Fsp3) is 0.208. The third-order valence-corrected chi connectivity index (χ3v) is 4.75. The Morgan fingerprint density at radius 2 is 1.69 bits per heavy atom. The molecule has 0 saturated carbocycles. The van der Waals surface area contributed by atoms with E-state index in [0.717, 1.165) is 16.8 Å². The van der Waals surface area contributed by atoms with Gasteiger partial charge in [0.2, 0.25) is 5.91 Å². The van der Waals surface area contributed by atoms with Gasteiger partial charge in [-0.1, -0.05) is 24.3 Å². The molecular formula is C24H25N3O5. The fourth-order valence-corrected chi connectivity index (χ4v) is 3.01. The largest absolute Gasteiger partial charge is 0.484 e. The summed E-state index contributed by atoms with van der Waals surface area (Å²) in [7, 11) is 1.54. The molecule has 0 aliphatic heterocycles. The van der Waals surface area contributed by atoms with Crippen LogP contribution in [0.15, 0.2) is 65.3 Å². The van der Waals surface area contributed by atoms with Gasteiger partial charge < -0.3 is 24.7 Å². The number of anilines is 2. The molecule has 0 aliphatic carbocycles. The van der Waals surface area contributed by atoms with E-state index in [4.69, 9.17) is 9.15 Å². The molecule has 0 bridgehead atoms. The van der Waals surface area contributed by atoms with Gasteiger partial charge in [-0.25, -0.2) is 0 Å². The van der Waals surface area contributed by atoms with Crippen LogP contribution < -0.4 is 15.4 Å². The van der Waals surface area contributed by atoms with Crippen molar-refractivity contribution >= 4 is 29.1 Å². The molecule has 1 aromatic heterocycles. The maximum Gasteiger partial charge on any atom is 0.291 e. The van der Waals surface area contributed by atoms with Crippen molar-refractivity contribution < 1.29 is 23.5 Å². The van der Waals surface area contributed by atoms with Crippen molar-refractivity contribution in [1.29, 1.82) is 0 Å². The van der Waals surface area contributed by atoms with Crippen molar-refractivity contribution in [3.05, 3.63) is 77.7 Å².